The van der Waals surface area contributed by atoms with Crippen LogP contribution in [0.2, 0.25) is 0 Å². The quantitative estimate of drug-likeness (QED) is 0.513. The summed E-state index contributed by atoms with van der Waals surface area (Å²) in [5.41, 5.74) is -4.40. The summed E-state index contributed by atoms with van der Waals surface area (Å²) in [6.07, 6.45) is 0. The van der Waals surface area contributed by atoms with Gasteiger partial charge in [0.1, 0.15) is 0 Å². The molecule has 8 heteroatoms. The Kier molecular flexibility index (Phi) is 3.11. The molecule has 0 atom stereocenters. The van der Waals surface area contributed by atoms with E-state index in [-0.39, 0.29) is 0 Å². The first-order valence-electron chi connectivity index (χ1n) is 6.70. The number of hydrogen-bond donors (Lipinski definition) is 0. The van der Waals surface area contributed by atoms with Gasteiger partial charge in [0.05, 0.1) is 0 Å². The number of rotatable bonds is 1. The lowest BCUT2D eigenvalue weighted by atomic mass is 9.64. The monoisotopic (exact) mass is 314 g/mol. The average molecular weight is 314 g/mol. The van der Waals surface area contributed by atoms with Gasteiger partial charge in [-0.05, 0) is 13.8 Å². The van der Waals surface area contributed by atoms with E-state index in [9.17, 15) is 19.2 Å². The SMILES string of the molecule is CC1(C)OC(=O)C(C)(C2(C)C(=O)OC(C)(C)OC2=O)C(=O)O1. The van der Waals surface area contributed by atoms with E-state index in [4.69, 9.17) is 18.9 Å². The first kappa shape index (κ1) is 16.3. The lowest BCUT2D eigenvalue weighted by molar-refractivity contribution is -0.280. The van der Waals surface area contributed by atoms with Crippen molar-refractivity contribution >= 4 is 23.9 Å². The van der Waals surface area contributed by atoms with Crippen LogP contribution in [-0.4, -0.2) is 35.5 Å². The van der Waals surface area contributed by atoms with Gasteiger partial charge in [0.25, 0.3) is 11.6 Å². The minimum Gasteiger partial charge on any atom is -0.422 e. The summed E-state index contributed by atoms with van der Waals surface area (Å²) in [5.74, 6) is -7.16. The van der Waals surface area contributed by atoms with E-state index in [0.29, 0.717) is 0 Å². The third kappa shape index (κ3) is 1.97. The number of carbonyl (C=O) groups is 4. The smallest absolute Gasteiger partial charge is 0.328 e. The largest absolute Gasteiger partial charge is 0.422 e. The van der Waals surface area contributed by atoms with Crippen molar-refractivity contribution in [3.05, 3.63) is 0 Å². The van der Waals surface area contributed by atoms with Crippen LogP contribution in [0.4, 0.5) is 0 Å². The fourth-order valence-electron chi connectivity index (χ4n) is 2.33. The molecule has 2 heterocycles. The molecule has 0 aliphatic carbocycles. The molecule has 8 nitrogen and oxygen atoms in total. The Morgan fingerprint density at radius 2 is 0.682 bits per heavy atom. The predicted molar refractivity (Wildman–Crippen MR) is 68.7 cm³/mol. The van der Waals surface area contributed by atoms with Crippen molar-refractivity contribution in [1.29, 1.82) is 0 Å². The van der Waals surface area contributed by atoms with E-state index in [1.165, 1.54) is 27.7 Å². The lowest BCUT2D eigenvalue weighted by Gasteiger charge is -2.47. The van der Waals surface area contributed by atoms with E-state index in [2.05, 4.69) is 0 Å². The van der Waals surface area contributed by atoms with Crippen LogP contribution < -0.4 is 0 Å². The standard InChI is InChI=1S/C14H18O8/c1-11(2)19-7(15)13(5,8(16)20-11)14(6)9(17)21-12(3,4)22-10(14)18/h1-6H3. The average Bonchev–Trinajstić information content (AvgIpc) is 2.30. The van der Waals surface area contributed by atoms with Crippen LogP contribution in [0.15, 0.2) is 0 Å². The highest BCUT2D eigenvalue weighted by atomic mass is 16.8. The number of cyclic esters (lactones) is 4. The summed E-state index contributed by atoms with van der Waals surface area (Å²) >= 11 is 0. The van der Waals surface area contributed by atoms with Crippen molar-refractivity contribution < 1.29 is 38.1 Å². The summed E-state index contributed by atoms with van der Waals surface area (Å²) in [7, 11) is 0. The van der Waals surface area contributed by atoms with Gasteiger partial charge in [-0.1, -0.05) is 0 Å². The van der Waals surface area contributed by atoms with E-state index in [1.54, 1.807) is 0 Å². The summed E-state index contributed by atoms with van der Waals surface area (Å²) < 4.78 is 20.1. The van der Waals surface area contributed by atoms with Gasteiger partial charge in [-0.2, -0.15) is 0 Å². The molecule has 2 fully saturated rings. The van der Waals surface area contributed by atoms with Crippen molar-refractivity contribution in [3.8, 4) is 0 Å². The molecule has 2 aliphatic heterocycles. The van der Waals surface area contributed by atoms with Crippen LogP contribution in [0.3, 0.4) is 0 Å². The Bertz CT molecular complexity index is 494. The molecule has 0 radical (unpaired) electrons. The zero-order valence-electron chi connectivity index (χ0n) is 13.3. The molecule has 0 amide bonds. The van der Waals surface area contributed by atoms with Gasteiger partial charge < -0.3 is 18.9 Å². The highest BCUT2D eigenvalue weighted by Crippen LogP contribution is 2.50. The molecule has 0 bridgehead atoms. The zero-order valence-corrected chi connectivity index (χ0v) is 13.3. The molecule has 0 aromatic heterocycles. The van der Waals surface area contributed by atoms with E-state index in [1.807, 2.05) is 0 Å². The van der Waals surface area contributed by atoms with Gasteiger partial charge >= 0.3 is 23.9 Å². The first-order chi connectivity index (χ1) is 9.76. The predicted octanol–water partition coefficient (Wildman–Crippen LogP) is 0.671. The fourth-order valence-corrected chi connectivity index (χ4v) is 2.33. The molecule has 122 valence electrons. The number of hydrogen-bond acceptors (Lipinski definition) is 8. The third-order valence-electron chi connectivity index (χ3n) is 3.99. The van der Waals surface area contributed by atoms with E-state index in [0.717, 1.165) is 13.8 Å². The first-order valence-corrected chi connectivity index (χ1v) is 6.70. The van der Waals surface area contributed by atoms with Crippen molar-refractivity contribution in [3.63, 3.8) is 0 Å². The Morgan fingerprint density at radius 1 is 0.500 bits per heavy atom. The van der Waals surface area contributed by atoms with E-state index < -0.39 is 46.3 Å². The van der Waals surface area contributed by atoms with Crippen molar-refractivity contribution in [2.75, 3.05) is 0 Å². The van der Waals surface area contributed by atoms with Crippen LogP contribution in [0, 0.1) is 10.8 Å². The summed E-state index contributed by atoms with van der Waals surface area (Å²) in [6, 6.07) is 0. The van der Waals surface area contributed by atoms with Crippen LogP contribution in [0.25, 0.3) is 0 Å². The molecular formula is C14H18O8. The second-order valence-electron chi connectivity index (χ2n) is 6.61. The second-order valence-corrected chi connectivity index (χ2v) is 6.61. The molecule has 0 saturated carbocycles. The van der Waals surface area contributed by atoms with Gasteiger partial charge in [0.2, 0.25) is 0 Å². The van der Waals surface area contributed by atoms with Gasteiger partial charge in [0, 0.05) is 27.7 Å². The molecule has 0 aromatic rings. The lowest BCUT2D eigenvalue weighted by Crippen LogP contribution is -2.67. The Morgan fingerprint density at radius 3 is 0.864 bits per heavy atom. The molecule has 0 N–H and O–H groups in total. The van der Waals surface area contributed by atoms with Gasteiger partial charge in [-0.3, -0.25) is 19.2 Å². The number of carbonyl (C=O) groups excluding carboxylic acids is 4. The molecule has 2 rings (SSSR count). The maximum Gasteiger partial charge on any atom is 0.328 e. The van der Waals surface area contributed by atoms with Crippen LogP contribution in [0.5, 0.6) is 0 Å². The molecule has 22 heavy (non-hydrogen) atoms. The Balaban J connectivity index is 2.53. The Hall–Kier alpha value is -2.12. The molecule has 2 saturated heterocycles. The van der Waals surface area contributed by atoms with Crippen LogP contribution in [-0.2, 0) is 38.1 Å². The maximum absolute atomic E-state index is 12.4. The molecular weight excluding hydrogens is 296 g/mol. The molecule has 0 aromatic carbocycles. The summed E-state index contributed by atoms with van der Waals surface area (Å²) in [5, 5.41) is 0. The molecule has 2 aliphatic rings. The normalized spacial score (nSPS) is 28.1. The molecule has 0 unspecified atom stereocenters. The van der Waals surface area contributed by atoms with Crippen molar-refractivity contribution in [2.45, 2.75) is 53.1 Å². The van der Waals surface area contributed by atoms with Gasteiger partial charge in [-0.25, -0.2) is 0 Å². The zero-order chi connectivity index (χ0) is 17.1. The molecule has 0 spiro atoms. The third-order valence-corrected chi connectivity index (χ3v) is 3.99. The highest BCUT2D eigenvalue weighted by Gasteiger charge is 2.73. The van der Waals surface area contributed by atoms with Crippen LogP contribution >= 0.6 is 0 Å². The van der Waals surface area contributed by atoms with Gasteiger partial charge in [0.15, 0.2) is 10.8 Å². The second kappa shape index (κ2) is 4.21. The van der Waals surface area contributed by atoms with Crippen molar-refractivity contribution in [1.82, 2.24) is 0 Å². The topological polar surface area (TPSA) is 105 Å². The van der Waals surface area contributed by atoms with Gasteiger partial charge in [-0.15, -0.1) is 0 Å². The Labute approximate surface area is 127 Å². The summed E-state index contributed by atoms with van der Waals surface area (Å²) in [6.45, 7) is 7.68. The minimum atomic E-state index is -2.20. The number of ether oxygens (including phenoxy) is 4. The summed E-state index contributed by atoms with van der Waals surface area (Å²) in [4.78, 5) is 49.4. The van der Waals surface area contributed by atoms with Crippen molar-refractivity contribution in [2.24, 2.45) is 10.8 Å². The minimum absolute atomic E-state index is 1.05. The fraction of sp³-hybridized carbons (Fsp3) is 0.714. The van der Waals surface area contributed by atoms with Crippen LogP contribution in [0.1, 0.15) is 41.5 Å². The van der Waals surface area contributed by atoms with E-state index >= 15 is 0 Å². The maximum atomic E-state index is 12.4. The highest BCUT2D eigenvalue weighted by molar-refractivity contribution is 6.15. The number of esters is 4.